The lowest BCUT2D eigenvalue weighted by Gasteiger charge is -2.08. The third kappa shape index (κ3) is 4.61. The predicted octanol–water partition coefficient (Wildman–Crippen LogP) is 1.75. The maximum Gasteiger partial charge on any atom is 0.306 e. The summed E-state index contributed by atoms with van der Waals surface area (Å²) in [7, 11) is 0. The second-order valence-electron chi connectivity index (χ2n) is 3.64. The summed E-state index contributed by atoms with van der Waals surface area (Å²) < 4.78 is 5.05. The van der Waals surface area contributed by atoms with Gasteiger partial charge in [-0.1, -0.05) is 37.3 Å². The van der Waals surface area contributed by atoms with Crippen LogP contribution in [0, 0.1) is 5.92 Å². The van der Waals surface area contributed by atoms with Gasteiger partial charge in [-0.15, -0.1) is 0 Å². The van der Waals surface area contributed by atoms with Crippen LogP contribution in [0.5, 0.6) is 0 Å². The number of ether oxygens (including phenoxy) is 1. The summed E-state index contributed by atoms with van der Waals surface area (Å²) in [4.78, 5) is 11.3. The number of hydrogen-bond acceptors (Lipinski definition) is 3. The van der Waals surface area contributed by atoms with E-state index in [0.717, 1.165) is 5.56 Å². The minimum absolute atomic E-state index is 0.0143. The van der Waals surface area contributed by atoms with Crippen molar-refractivity contribution >= 4 is 5.97 Å². The minimum atomic E-state index is -0.264. The maximum atomic E-state index is 11.3. The van der Waals surface area contributed by atoms with E-state index in [2.05, 4.69) is 0 Å². The number of carbonyl (C=O) groups is 1. The number of esters is 1. The fraction of sp³-hybridized carbons (Fsp3) is 0.417. The van der Waals surface area contributed by atoms with Crippen molar-refractivity contribution in [3.8, 4) is 0 Å². The maximum absolute atomic E-state index is 11.3. The first-order valence-corrected chi connectivity index (χ1v) is 5.02. The number of carbonyl (C=O) groups excluding carboxylic acids is 1. The van der Waals surface area contributed by atoms with Gasteiger partial charge in [-0.3, -0.25) is 4.79 Å². The van der Waals surface area contributed by atoms with Crippen molar-refractivity contribution in [3.63, 3.8) is 0 Å². The van der Waals surface area contributed by atoms with Crippen LogP contribution in [0.25, 0.3) is 0 Å². The normalized spacial score (nSPS) is 12.1. The summed E-state index contributed by atoms with van der Waals surface area (Å²) >= 11 is 0. The molecule has 0 aliphatic rings. The quantitative estimate of drug-likeness (QED) is 0.750. The zero-order valence-electron chi connectivity index (χ0n) is 8.85. The molecule has 0 saturated carbocycles. The smallest absolute Gasteiger partial charge is 0.306 e. The topological polar surface area (TPSA) is 46.5 Å². The summed E-state index contributed by atoms with van der Waals surface area (Å²) in [6.45, 7) is 2.13. The van der Waals surface area contributed by atoms with Gasteiger partial charge in [0, 0.05) is 6.61 Å². The van der Waals surface area contributed by atoms with Crippen LogP contribution in [0.1, 0.15) is 18.9 Å². The fourth-order valence-corrected chi connectivity index (χ4v) is 1.15. The summed E-state index contributed by atoms with van der Waals surface area (Å²) in [5.74, 6) is -0.298. The average molecular weight is 208 g/mol. The number of aliphatic hydroxyl groups excluding tert-OH is 1. The van der Waals surface area contributed by atoms with E-state index in [1.807, 2.05) is 37.3 Å². The number of hydrogen-bond donors (Lipinski definition) is 1. The SMILES string of the molecule is C[C@H](CO)CC(=O)OCc1ccccc1. The van der Waals surface area contributed by atoms with Crippen molar-refractivity contribution in [3.05, 3.63) is 35.9 Å². The Morgan fingerprint density at radius 2 is 2.07 bits per heavy atom. The van der Waals surface area contributed by atoms with E-state index in [9.17, 15) is 4.79 Å². The molecule has 0 unspecified atom stereocenters. The summed E-state index contributed by atoms with van der Waals surface area (Å²) in [6, 6.07) is 9.53. The third-order valence-corrected chi connectivity index (χ3v) is 2.07. The molecule has 0 spiro atoms. The first-order chi connectivity index (χ1) is 7.22. The highest BCUT2D eigenvalue weighted by Crippen LogP contribution is 2.05. The lowest BCUT2D eigenvalue weighted by atomic mass is 10.1. The number of benzene rings is 1. The molecule has 0 heterocycles. The lowest BCUT2D eigenvalue weighted by molar-refractivity contribution is -0.146. The van der Waals surface area contributed by atoms with E-state index in [1.165, 1.54) is 0 Å². The molecule has 0 radical (unpaired) electrons. The van der Waals surface area contributed by atoms with Gasteiger partial charge >= 0.3 is 5.97 Å². The third-order valence-electron chi connectivity index (χ3n) is 2.07. The van der Waals surface area contributed by atoms with E-state index < -0.39 is 0 Å². The molecular formula is C12H16O3. The standard InChI is InChI=1S/C12H16O3/c1-10(8-13)7-12(14)15-9-11-5-3-2-4-6-11/h2-6,10,13H,7-9H2,1H3/t10-/m0/s1. The van der Waals surface area contributed by atoms with Crippen molar-refractivity contribution in [2.24, 2.45) is 5.92 Å². The molecule has 0 aliphatic carbocycles. The van der Waals surface area contributed by atoms with E-state index in [-0.39, 0.29) is 24.9 Å². The predicted molar refractivity (Wildman–Crippen MR) is 57.1 cm³/mol. The van der Waals surface area contributed by atoms with Gasteiger partial charge in [-0.05, 0) is 11.5 Å². The Bertz CT molecular complexity index is 295. The molecule has 1 aromatic rings. The molecular weight excluding hydrogens is 192 g/mol. The van der Waals surface area contributed by atoms with Gasteiger partial charge in [-0.2, -0.15) is 0 Å². The highest BCUT2D eigenvalue weighted by molar-refractivity contribution is 5.69. The molecule has 82 valence electrons. The van der Waals surface area contributed by atoms with Crippen LogP contribution in [0.15, 0.2) is 30.3 Å². The molecule has 15 heavy (non-hydrogen) atoms. The molecule has 3 nitrogen and oxygen atoms in total. The van der Waals surface area contributed by atoms with Crippen LogP contribution in [-0.2, 0) is 16.1 Å². The molecule has 0 aliphatic heterocycles. The first-order valence-electron chi connectivity index (χ1n) is 5.02. The molecule has 1 atom stereocenters. The summed E-state index contributed by atoms with van der Waals surface area (Å²) in [5.41, 5.74) is 0.975. The highest BCUT2D eigenvalue weighted by atomic mass is 16.5. The lowest BCUT2D eigenvalue weighted by Crippen LogP contribution is -2.11. The Balaban J connectivity index is 2.29. The first kappa shape index (κ1) is 11.7. The Morgan fingerprint density at radius 1 is 1.40 bits per heavy atom. The Kier molecular flexibility index (Phi) is 4.84. The van der Waals surface area contributed by atoms with Crippen LogP contribution in [0.2, 0.25) is 0 Å². The Labute approximate surface area is 89.7 Å². The summed E-state index contributed by atoms with van der Waals surface area (Å²) in [6.07, 6.45) is 0.267. The zero-order chi connectivity index (χ0) is 11.1. The van der Waals surface area contributed by atoms with Gasteiger partial charge in [0.05, 0.1) is 6.42 Å². The monoisotopic (exact) mass is 208 g/mol. The Morgan fingerprint density at radius 3 is 2.67 bits per heavy atom. The summed E-state index contributed by atoms with van der Waals surface area (Å²) in [5, 5.41) is 8.76. The van der Waals surface area contributed by atoms with Crippen LogP contribution in [0.4, 0.5) is 0 Å². The van der Waals surface area contributed by atoms with Crippen LogP contribution in [0.3, 0.4) is 0 Å². The van der Waals surface area contributed by atoms with E-state index in [1.54, 1.807) is 0 Å². The molecule has 0 fully saturated rings. The van der Waals surface area contributed by atoms with Crippen molar-refractivity contribution in [1.29, 1.82) is 0 Å². The van der Waals surface area contributed by atoms with Gasteiger partial charge in [0.1, 0.15) is 6.61 Å². The van der Waals surface area contributed by atoms with Crippen molar-refractivity contribution in [2.45, 2.75) is 20.0 Å². The van der Waals surface area contributed by atoms with Crippen LogP contribution < -0.4 is 0 Å². The molecule has 0 amide bonds. The van der Waals surface area contributed by atoms with Crippen molar-refractivity contribution in [1.82, 2.24) is 0 Å². The molecule has 3 heteroatoms. The second-order valence-corrected chi connectivity index (χ2v) is 3.64. The molecule has 1 aromatic carbocycles. The molecule has 1 N–H and O–H groups in total. The number of rotatable bonds is 5. The van der Waals surface area contributed by atoms with E-state index in [0.29, 0.717) is 6.61 Å². The van der Waals surface area contributed by atoms with Gasteiger partial charge in [-0.25, -0.2) is 0 Å². The van der Waals surface area contributed by atoms with E-state index in [4.69, 9.17) is 9.84 Å². The van der Waals surface area contributed by atoms with Gasteiger partial charge < -0.3 is 9.84 Å². The minimum Gasteiger partial charge on any atom is -0.461 e. The van der Waals surface area contributed by atoms with Gasteiger partial charge in [0.25, 0.3) is 0 Å². The second kappa shape index (κ2) is 6.19. The van der Waals surface area contributed by atoms with Gasteiger partial charge in [0.15, 0.2) is 0 Å². The molecule has 1 rings (SSSR count). The van der Waals surface area contributed by atoms with Crippen molar-refractivity contribution in [2.75, 3.05) is 6.61 Å². The van der Waals surface area contributed by atoms with E-state index >= 15 is 0 Å². The number of aliphatic hydroxyl groups is 1. The average Bonchev–Trinajstić information content (AvgIpc) is 2.27. The highest BCUT2D eigenvalue weighted by Gasteiger charge is 2.08. The molecule has 0 saturated heterocycles. The zero-order valence-corrected chi connectivity index (χ0v) is 8.85. The largest absolute Gasteiger partial charge is 0.461 e. The fourth-order valence-electron chi connectivity index (χ4n) is 1.15. The van der Waals surface area contributed by atoms with Crippen LogP contribution >= 0.6 is 0 Å². The van der Waals surface area contributed by atoms with Gasteiger partial charge in [0.2, 0.25) is 0 Å². The molecule has 0 bridgehead atoms. The Hall–Kier alpha value is -1.35. The van der Waals surface area contributed by atoms with Crippen LogP contribution in [-0.4, -0.2) is 17.7 Å². The van der Waals surface area contributed by atoms with Crippen molar-refractivity contribution < 1.29 is 14.6 Å². The molecule has 0 aromatic heterocycles.